The highest BCUT2D eigenvalue weighted by Gasteiger charge is 2.30. The van der Waals surface area contributed by atoms with Crippen molar-refractivity contribution in [3.05, 3.63) is 46.4 Å². The Morgan fingerprint density at radius 1 is 1.20 bits per heavy atom. The van der Waals surface area contributed by atoms with E-state index in [2.05, 4.69) is 15.7 Å². The van der Waals surface area contributed by atoms with E-state index in [0.717, 1.165) is 18.4 Å². The molecule has 10 heteroatoms. The molecule has 0 bridgehead atoms. The Morgan fingerprint density at radius 3 is 2.43 bits per heavy atom. The number of anilines is 1. The molecule has 10 nitrogen and oxygen atoms in total. The van der Waals surface area contributed by atoms with Crippen molar-refractivity contribution in [2.45, 2.75) is 65.6 Å². The lowest BCUT2D eigenvalue weighted by molar-refractivity contribution is 0.0635. The molecule has 0 atom stereocenters. The van der Waals surface area contributed by atoms with Gasteiger partial charge in [0, 0.05) is 23.8 Å². The monoisotopic (exact) mass is 481 g/mol. The number of aromatic hydroxyl groups is 1. The predicted octanol–water partition coefficient (Wildman–Crippen LogP) is 3.76. The van der Waals surface area contributed by atoms with E-state index < -0.39 is 29.0 Å². The van der Waals surface area contributed by atoms with Gasteiger partial charge in [0.05, 0.1) is 6.20 Å². The van der Waals surface area contributed by atoms with Crippen LogP contribution in [-0.4, -0.2) is 42.9 Å². The summed E-state index contributed by atoms with van der Waals surface area (Å²) in [5.74, 6) is -0.981. The molecule has 1 aromatic carbocycles. The highest BCUT2D eigenvalue weighted by Crippen LogP contribution is 2.29. The second-order valence-electron chi connectivity index (χ2n) is 10.3. The highest BCUT2D eigenvalue weighted by atomic mass is 16.6. The number of benzene rings is 1. The van der Waals surface area contributed by atoms with Crippen molar-refractivity contribution in [3.63, 3.8) is 0 Å². The molecule has 0 spiro atoms. The Hall–Kier alpha value is -3.82. The molecular weight excluding hydrogens is 450 g/mol. The second kappa shape index (κ2) is 9.09. The summed E-state index contributed by atoms with van der Waals surface area (Å²) in [6.07, 6.45) is 2.71. The molecule has 1 aliphatic rings. The Labute approximate surface area is 202 Å². The maximum Gasteiger partial charge on any atom is 0.412 e. The van der Waals surface area contributed by atoms with Crippen LogP contribution in [0.25, 0.3) is 16.8 Å². The zero-order valence-electron chi connectivity index (χ0n) is 20.6. The minimum absolute atomic E-state index is 0.0385. The van der Waals surface area contributed by atoms with Gasteiger partial charge in [-0.1, -0.05) is 26.0 Å². The molecule has 2 aromatic heterocycles. The molecule has 0 unspecified atom stereocenters. The Kier molecular flexibility index (Phi) is 6.31. The van der Waals surface area contributed by atoms with Gasteiger partial charge in [0.1, 0.15) is 5.60 Å². The van der Waals surface area contributed by atoms with Crippen molar-refractivity contribution in [1.29, 1.82) is 0 Å². The summed E-state index contributed by atoms with van der Waals surface area (Å²) >= 11 is 0. The van der Waals surface area contributed by atoms with Gasteiger partial charge in [0.2, 0.25) is 5.88 Å². The molecule has 1 fully saturated rings. The first-order valence-corrected chi connectivity index (χ1v) is 11.7. The van der Waals surface area contributed by atoms with E-state index >= 15 is 0 Å². The zero-order chi connectivity index (χ0) is 25.5. The lowest BCUT2D eigenvalue weighted by Gasteiger charge is -2.19. The van der Waals surface area contributed by atoms with Gasteiger partial charge < -0.3 is 15.2 Å². The Morgan fingerprint density at radius 2 is 1.86 bits per heavy atom. The minimum Gasteiger partial charge on any atom is -0.492 e. The molecule has 2 heterocycles. The molecule has 0 radical (unpaired) electrons. The molecule has 0 saturated heterocycles. The molecule has 186 valence electrons. The smallest absolute Gasteiger partial charge is 0.412 e. The molecule has 3 N–H and O–H groups in total. The number of rotatable bonds is 6. The van der Waals surface area contributed by atoms with E-state index in [1.807, 2.05) is 13.8 Å². The van der Waals surface area contributed by atoms with E-state index in [1.54, 1.807) is 51.2 Å². The fraction of sp³-hybridized carbons (Fsp3) is 0.440. The molecule has 0 aliphatic heterocycles. The molecule has 35 heavy (non-hydrogen) atoms. The van der Waals surface area contributed by atoms with Crippen LogP contribution in [0.3, 0.4) is 0 Å². The van der Waals surface area contributed by atoms with Crippen LogP contribution in [0.1, 0.15) is 57.8 Å². The normalized spacial score (nSPS) is 13.8. The number of nitrogens with one attached hydrogen (secondary N) is 2. The van der Waals surface area contributed by atoms with Crippen molar-refractivity contribution in [2.75, 3.05) is 5.32 Å². The van der Waals surface area contributed by atoms with Gasteiger partial charge in [0.15, 0.2) is 11.2 Å². The number of ether oxygens (including phenoxy) is 1. The van der Waals surface area contributed by atoms with Gasteiger partial charge in [-0.25, -0.2) is 4.79 Å². The van der Waals surface area contributed by atoms with Crippen molar-refractivity contribution in [3.8, 4) is 17.0 Å². The summed E-state index contributed by atoms with van der Waals surface area (Å²) in [6, 6.07) is 7.02. The number of nitrogens with zero attached hydrogens (tertiary/aromatic N) is 3. The van der Waals surface area contributed by atoms with Gasteiger partial charge in [-0.3, -0.25) is 19.5 Å². The number of hydrogen-bond acceptors (Lipinski definition) is 6. The van der Waals surface area contributed by atoms with Crippen LogP contribution in [0.4, 0.5) is 10.5 Å². The molecule has 1 saturated carbocycles. The Balaban J connectivity index is 1.74. The van der Waals surface area contributed by atoms with Gasteiger partial charge >= 0.3 is 6.09 Å². The second-order valence-corrected chi connectivity index (χ2v) is 10.3. The third-order valence-corrected chi connectivity index (χ3v) is 5.41. The van der Waals surface area contributed by atoms with Crippen LogP contribution in [0.15, 0.2) is 35.3 Å². The summed E-state index contributed by atoms with van der Waals surface area (Å²) in [5.41, 5.74) is 0.774. The standard InChI is InChI=1S/C25H31N5O5/c1-14(2)13-29-21-18(15-6-8-17(9-7-15)28-24(34)35-25(3,4)5)12-26-30(21)23(33)19(22(29)32)20(31)27-16-10-11-16/h6-9,12,14,16,33H,10-11,13H2,1-5H3,(H,27,31)(H,28,34). The topological polar surface area (TPSA) is 127 Å². The van der Waals surface area contributed by atoms with E-state index in [0.29, 0.717) is 23.4 Å². The van der Waals surface area contributed by atoms with E-state index in [4.69, 9.17) is 4.74 Å². The van der Waals surface area contributed by atoms with E-state index in [1.165, 1.54) is 9.08 Å². The first-order valence-electron chi connectivity index (χ1n) is 11.7. The lowest BCUT2D eigenvalue weighted by atomic mass is 10.1. The predicted molar refractivity (Wildman–Crippen MR) is 132 cm³/mol. The van der Waals surface area contributed by atoms with Gasteiger partial charge in [-0.15, -0.1) is 0 Å². The van der Waals surface area contributed by atoms with Crippen LogP contribution in [-0.2, 0) is 11.3 Å². The van der Waals surface area contributed by atoms with Crippen LogP contribution < -0.4 is 16.2 Å². The lowest BCUT2D eigenvalue weighted by Crippen LogP contribution is -2.36. The summed E-state index contributed by atoms with van der Waals surface area (Å²) in [7, 11) is 0. The Bertz CT molecular complexity index is 1330. The van der Waals surface area contributed by atoms with Gasteiger partial charge in [-0.2, -0.15) is 9.61 Å². The average Bonchev–Trinajstić information content (AvgIpc) is 3.44. The van der Waals surface area contributed by atoms with Gasteiger partial charge in [0.25, 0.3) is 11.5 Å². The summed E-state index contributed by atoms with van der Waals surface area (Å²) in [5, 5.41) is 20.6. The number of carbonyl (C=O) groups excluding carboxylic acids is 2. The molecule has 4 rings (SSSR count). The van der Waals surface area contributed by atoms with E-state index in [-0.39, 0.29) is 17.5 Å². The molecular formula is C25H31N5O5. The zero-order valence-corrected chi connectivity index (χ0v) is 20.6. The van der Waals surface area contributed by atoms with Crippen LogP contribution >= 0.6 is 0 Å². The van der Waals surface area contributed by atoms with Crippen LogP contribution in [0, 0.1) is 5.92 Å². The quantitative estimate of drug-likeness (QED) is 0.492. The maximum atomic E-state index is 13.4. The summed E-state index contributed by atoms with van der Waals surface area (Å²) in [6.45, 7) is 9.62. The average molecular weight is 482 g/mol. The minimum atomic E-state index is -0.613. The fourth-order valence-corrected chi connectivity index (χ4v) is 3.77. The van der Waals surface area contributed by atoms with Crippen molar-refractivity contribution < 1.29 is 19.4 Å². The van der Waals surface area contributed by atoms with Crippen molar-refractivity contribution in [2.24, 2.45) is 5.92 Å². The van der Waals surface area contributed by atoms with Crippen molar-refractivity contribution >= 4 is 23.3 Å². The first kappa shape index (κ1) is 24.3. The number of amides is 2. The van der Waals surface area contributed by atoms with Crippen molar-refractivity contribution in [1.82, 2.24) is 19.5 Å². The third-order valence-electron chi connectivity index (χ3n) is 5.41. The van der Waals surface area contributed by atoms with E-state index in [9.17, 15) is 19.5 Å². The van der Waals surface area contributed by atoms with Crippen LogP contribution in [0.2, 0.25) is 0 Å². The molecule has 1 aliphatic carbocycles. The largest absolute Gasteiger partial charge is 0.492 e. The van der Waals surface area contributed by atoms with Crippen LogP contribution in [0.5, 0.6) is 5.88 Å². The molecule has 2 amide bonds. The molecule has 3 aromatic rings. The van der Waals surface area contributed by atoms with Gasteiger partial charge in [-0.05, 0) is 57.2 Å². The SMILES string of the molecule is CC(C)Cn1c(=O)c(C(=O)NC2CC2)c(O)n2ncc(-c3ccc(NC(=O)OC(C)(C)C)cc3)c12. The first-order chi connectivity index (χ1) is 16.4. The highest BCUT2D eigenvalue weighted by molar-refractivity contribution is 5.97. The maximum absolute atomic E-state index is 13.4. The number of fused-ring (bicyclic) bond motifs is 1. The number of hydrogen-bond donors (Lipinski definition) is 3. The summed E-state index contributed by atoms with van der Waals surface area (Å²) in [4.78, 5) is 38.2. The number of aromatic nitrogens is 3. The third kappa shape index (κ3) is 5.31. The summed E-state index contributed by atoms with van der Waals surface area (Å²) < 4.78 is 7.99. The fourth-order valence-electron chi connectivity index (χ4n) is 3.77. The number of carbonyl (C=O) groups is 2.